The Morgan fingerprint density at radius 2 is 2.22 bits per heavy atom. The molecule has 0 spiro atoms. The number of aromatic amines is 1. The van der Waals surface area contributed by atoms with Crippen molar-refractivity contribution in [3.63, 3.8) is 0 Å². The zero-order valence-electron chi connectivity index (χ0n) is 13.1. The van der Waals surface area contributed by atoms with Gasteiger partial charge in [-0.25, -0.2) is 0 Å². The van der Waals surface area contributed by atoms with Crippen molar-refractivity contribution in [2.75, 3.05) is 0 Å². The number of carbonyl (C=O) groups is 1. The molecule has 0 aliphatic rings. The molecule has 0 aliphatic heterocycles. The van der Waals surface area contributed by atoms with Gasteiger partial charge in [0.25, 0.3) is 11.5 Å². The summed E-state index contributed by atoms with van der Waals surface area (Å²) in [5, 5.41) is 3.49. The molecule has 1 aromatic carbocycles. The van der Waals surface area contributed by atoms with Crippen LogP contribution < -0.4 is 10.9 Å². The third-order valence-electron chi connectivity index (χ3n) is 3.88. The number of rotatable bonds is 3. The minimum atomic E-state index is -0.214. The highest BCUT2D eigenvalue weighted by Crippen LogP contribution is 2.23. The molecular weight excluding hydrogens is 330 g/mol. The number of nitrogens with zero attached hydrogens (tertiary/aromatic N) is 1. The summed E-state index contributed by atoms with van der Waals surface area (Å²) in [7, 11) is 0. The summed E-state index contributed by atoms with van der Waals surface area (Å²) in [6.07, 6.45) is 0.835. The van der Waals surface area contributed by atoms with E-state index in [0.717, 1.165) is 17.5 Å². The Morgan fingerprint density at radius 3 is 2.91 bits per heavy atom. The van der Waals surface area contributed by atoms with Crippen molar-refractivity contribution in [3.05, 3.63) is 42.9 Å². The normalized spacial score (nSPS) is 12.7. The summed E-state index contributed by atoms with van der Waals surface area (Å²) in [4.78, 5) is 28.1. The molecule has 23 heavy (non-hydrogen) atoms. The average molecular weight is 347 g/mol. The number of thiazole rings is 1. The molecule has 120 valence electrons. The number of amides is 1. The smallest absolute Gasteiger partial charge is 0.265 e. The number of benzene rings is 1. The van der Waals surface area contributed by atoms with Gasteiger partial charge in [-0.1, -0.05) is 29.9 Å². The number of carbonyl (C=O) groups excluding carboxylic acids is 1. The molecule has 0 fully saturated rings. The molecule has 0 aliphatic carbocycles. The fraction of sp³-hybridized carbons (Fsp3) is 0.312. The van der Waals surface area contributed by atoms with E-state index < -0.39 is 0 Å². The lowest BCUT2D eigenvalue weighted by molar-refractivity contribution is 0.0944. The van der Waals surface area contributed by atoms with Gasteiger partial charge in [0.05, 0.1) is 10.9 Å². The first kappa shape index (κ1) is 15.9. The second-order valence-electron chi connectivity index (χ2n) is 5.64. The van der Waals surface area contributed by atoms with Crippen LogP contribution in [0.1, 0.15) is 35.5 Å². The van der Waals surface area contributed by atoms with E-state index in [0.29, 0.717) is 19.9 Å². The second-order valence-corrected chi connectivity index (χ2v) is 7.28. The topological polar surface area (TPSA) is 66.4 Å². The molecule has 3 rings (SSSR count). The Bertz CT molecular complexity index is 1030. The number of fused-ring (bicyclic) bond motifs is 3. The average Bonchev–Trinajstić information content (AvgIpc) is 2.84. The van der Waals surface area contributed by atoms with Gasteiger partial charge < -0.3 is 10.3 Å². The lowest BCUT2D eigenvalue weighted by atomic mass is 10.1. The molecule has 0 bridgehead atoms. The monoisotopic (exact) mass is 347 g/mol. The highest BCUT2D eigenvalue weighted by atomic mass is 32.1. The minimum Gasteiger partial charge on any atom is -0.349 e. The Labute approximate surface area is 142 Å². The standard InChI is InChI=1S/C16H17N3O2S2/c1-4-9(3)17-15(21)12-13-18-14(20)10-7-8(2)5-6-11(10)19(13)16(22)23-12/h5-7,9H,4H2,1-3H3,(H,17,21)(H,18,20). The molecule has 3 aromatic rings. The summed E-state index contributed by atoms with van der Waals surface area (Å²) < 4.78 is 2.31. The fourth-order valence-electron chi connectivity index (χ4n) is 2.45. The van der Waals surface area contributed by atoms with Crippen molar-refractivity contribution in [1.29, 1.82) is 0 Å². The predicted octanol–water partition coefficient (Wildman–Crippen LogP) is 3.41. The van der Waals surface area contributed by atoms with Crippen molar-refractivity contribution in [3.8, 4) is 0 Å². The van der Waals surface area contributed by atoms with Gasteiger partial charge in [0.15, 0.2) is 3.95 Å². The zero-order chi connectivity index (χ0) is 16.7. The van der Waals surface area contributed by atoms with Gasteiger partial charge in [-0.05, 0) is 44.6 Å². The molecule has 2 N–H and O–H groups in total. The van der Waals surface area contributed by atoms with Crippen LogP contribution in [0, 0.1) is 10.9 Å². The third kappa shape index (κ3) is 2.70. The van der Waals surface area contributed by atoms with E-state index in [1.54, 1.807) is 4.40 Å². The van der Waals surface area contributed by atoms with Gasteiger partial charge in [-0.15, -0.1) is 0 Å². The van der Waals surface area contributed by atoms with Crippen LogP contribution in [0.3, 0.4) is 0 Å². The molecule has 2 heterocycles. The Balaban J connectivity index is 2.30. The highest BCUT2D eigenvalue weighted by molar-refractivity contribution is 7.73. The third-order valence-corrected chi connectivity index (χ3v) is 5.25. The summed E-state index contributed by atoms with van der Waals surface area (Å²) >= 11 is 6.63. The number of hydrogen-bond donors (Lipinski definition) is 2. The van der Waals surface area contributed by atoms with Crippen LogP contribution in [0.25, 0.3) is 16.6 Å². The summed E-state index contributed by atoms with van der Waals surface area (Å²) in [5.41, 5.74) is 1.97. The molecule has 5 nitrogen and oxygen atoms in total. The van der Waals surface area contributed by atoms with Crippen LogP contribution in [-0.4, -0.2) is 21.3 Å². The minimum absolute atomic E-state index is 0.0630. The van der Waals surface area contributed by atoms with Gasteiger partial charge >= 0.3 is 0 Å². The second kappa shape index (κ2) is 5.90. The first-order valence-electron chi connectivity index (χ1n) is 7.41. The van der Waals surface area contributed by atoms with E-state index in [2.05, 4.69) is 10.3 Å². The number of nitrogens with one attached hydrogen (secondary N) is 2. The van der Waals surface area contributed by atoms with E-state index in [4.69, 9.17) is 12.2 Å². The zero-order valence-corrected chi connectivity index (χ0v) is 14.7. The van der Waals surface area contributed by atoms with Crippen molar-refractivity contribution >= 4 is 46.0 Å². The molecule has 1 unspecified atom stereocenters. The van der Waals surface area contributed by atoms with Crippen molar-refractivity contribution in [1.82, 2.24) is 14.7 Å². The van der Waals surface area contributed by atoms with Crippen LogP contribution in [0.5, 0.6) is 0 Å². The van der Waals surface area contributed by atoms with Crippen LogP contribution in [0.15, 0.2) is 23.0 Å². The van der Waals surface area contributed by atoms with Crippen LogP contribution >= 0.6 is 23.6 Å². The Kier molecular flexibility index (Phi) is 4.08. The molecule has 2 aromatic heterocycles. The quantitative estimate of drug-likeness (QED) is 0.714. The van der Waals surface area contributed by atoms with E-state index in [9.17, 15) is 9.59 Å². The molecular formula is C16H17N3O2S2. The van der Waals surface area contributed by atoms with E-state index >= 15 is 0 Å². The lowest BCUT2D eigenvalue weighted by Crippen LogP contribution is -2.31. The summed E-state index contributed by atoms with van der Waals surface area (Å²) in [6.45, 7) is 5.87. The van der Waals surface area contributed by atoms with Crippen molar-refractivity contribution in [2.24, 2.45) is 0 Å². The molecule has 0 radical (unpaired) electrons. The Hall–Kier alpha value is -1.99. The van der Waals surface area contributed by atoms with Crippen LogP contribution in [-0.2, 0) is 0 Å². The highest BCUT2D eigenvalue weighted by Gasteiger charge is 2.18. The van der Waals surface area contributed by atoms with Gasteiger partial charge in [0.1, 0.15) is 10.5 Å². The first-order chi connectivity index (χ1) is 10.9. The van der Waals surface area contributed by atoms with Gasteiger partial charge in [-0.3, -0.25) is 14.0 Å². The van der Waals surface area contributed by atoms with E-state index in [1.807, 2.05) is 39.0 Å². The van der Waals surface area contributed by atoms with Crippen molar-refractivity contribution < 1.29 is 4.79 Å². The Morgan fingerprint density at radius 1 is 1.48 bits per heavy atom. The van der Waals surface area contributed by atoms with Crippen LogP contribution in [0.2, 0.25) is 0 Å². The number of H-pyrrole nitrogens is 1. The van der Waals surface area contributed by atoms with Crippen molar-refractivity contribution in [2.45, 2.75) is 33.2 Å². The number of hydrogen-bond acceptors (Lipinski definition) is 4. The SMILES string of the molecule is CCC(C)NC(=O)c1sc(=S)n2c1[nH]c(=O)c1cc(C)ccc12. The molecule has 1 atom stereocenters. The number of aryl methyl sites for hydroxylation is 1. The maximum atomic E-state index is 12.5. The predicted molar refractivity (Wildman–Crippen MR) is 96.2 cm³/mol. The molecule has 0 saturated carbocycles. The van der Waals surface area contributed by atoms with Gasteiger partial charge in [-0.2, -0.15) is 0 Å². The molecule has 1 amide bonds. The maximum Gasteiger partial charge on any atom is 0.265 e. The van der Waals surface area contributed by atoms with Crippen LogP contribution in [0.4, 0.5) is 0 Å². The van der Waals surface area contributed by atoms with E-state index in [1.165, 1.54) is 11.3 Å². The maximum absolute atomic E-state index is 12.5. The first-order valence-corrected chi connectivity index (χ1v) is 8.64. The van der Waals surface area contributed by atoms with E-state index in [-0.39, 0.29) is 17.5 Å². The fourth-order valence-corrected chi connectivity index (χ4v) is 3.74. The summed E-state index contributed by atoms with van der Waals surface area (Å²) in [6, 6.07) is 5.69. The lowest BCUT2D eigenvalue weighted by Gasteiger charge is -2.10. The van der Waals surface area contributed by atoms with Gasteiger partial charge in [0, 0.05) is 6.04 Å². The summed E-state index contributed by atoms with van der Waals surface area (Å²) in [5.74, 6) is -0.208. The largest absolute Gasteiger partial charge is 0.349 e. The number of aromatic nitrogens is 2. The molecule has 0 saturated heterocycles. The molecule has 7 heteroatoms. The van der Waals surface area contributed by atoms with Gasteiger partial charge in [0.2, 0.25) is 0 Å².